The molecule has 3 heteroatoms. The molecule has 0 radical (unpaired) electrons. The van der Waals surface area contributed by atoms with Gasteiger partial charge in [-0.2, -0.15) is 11.8 Å². The summed E-state index contributed by atoms with van der Waals surface area (Å²) >= 11 is 2.09. The summed E-state index contributed by atoms with van der Waals surface area (Å²) in [5, 5.41) is 0. The summed E-state index contributed by atoms with van der Waals surface area (Å²) in [6.45, 7) is 4.73. The van der Waals surface area contributed by atoms with Gasteiger partial charge >= 0.3 is 0 Å². The lowest BCUT2D eigenvalue weighted by atomic mass is 9.99. The monoisotopic (exact) mass is 186 g/mol. The number of nitrogens with two attached hydrogens (primary N) is 1. The van der Waals surface area contributed by atoms with Crippen molar-refractivity contribution in [3.05, 3.63) is 0 Å². The molecule has 2 heterocycles. The van der Waals surface area contributed by atoms with Crippen LogP contribution in [0.5, 0.6) is 0 Å². The van der Waals surface area contributed by atoms with Crippen LogP contribution in [-0.4, -0.2) is 42.6 Å². The predicted molar refractivity (Wildman–Crippen MR) is 54.4 cm³/mol. The first-order valence-corrected chi connectivity index (χ1v) is 6.04. The third kappa shape index (κ3) is 1.95. The minimum atomic E-state index is 0.806. The van der Waals surface area contributed by atoms with Crippen molar-refractivity contribution in [3.8, 4) is 0 Å². The van der Waals surface area contributed by atoms with Crippen LogP contribution in [-0.2, 0) is 0 Å². The fraction of sp³-hybridized carbons (Fsp3) is 1.00. The molecule has 0 amide bonds. The Bertz CT molecular complexity index is 141. The highest BCUT2D eigenvalue weighted by Crippen LogP contribution is 2.28. The molecule has 0 aromatic carbocycles. The zero-order valence-electron chi connectivity index (χ0n) is 7.54. The summed E-state index contributed by atoms with van der Waals surface area (Å²) in [4.78, 5) is 2.54. The van der Waals surface area contributed by atoms with Gasteiger partial charge in [0.2, 0.25) is 0 Å². The van der Waals surface area contributed by atoms with Gasteiger partial charge in [-0.3, -0.25) is 0 Å². The normalized spacial score (nSPS) is 26.8. The topological polar surface area (TPSA) is 29.3 Å². The molecule has 0 atom stereocenters. The van der Waals surface area contributed by atoms with Gasteiger partial charge in [0.1, 0.15) is 0 Å². The van der Waals surface area contributed by atoms with Crippen molar-refractivity contribution in [1.29, 1.82) is 0 Å². The molecule has 0 unspecified atom stereocenters. The zero-order chi connectivity index (χ0) is 8.39. The van der Waals surface area contributed by atoms with E-state index in [9.17, 15) is 0 Å². The lowest BCUT2D eigenvalue weighted by Crippen LogP contribution is -2.50. The second-order valence-electron chi connectivity index (χ2n) is 4.05. The number of likely N-dealkylation sites (tertiary alicyclic amines) is 1. The van der Waals surface area contributed by atoms with Crippen LogP contribution in [0.4, 0.5) is 0 Å². The van der Waals surface area contributed by atoms with Gasteiger partial charge in [-0.05, 0) is 42.9 Å². The highest BCUT2D eigenvalue weighted by molar-refractivity contribution is 8.00. The Labute approximate surface area is 78.9 Å². The van der Waals surface area contributed by atoms with Crippen LogP contribution in [0.2, 0.25) is 0 Å². The first-order valence-electron chi connectivity index (χ1n) is 4.88. The summed E-state index contributed by atoms with van der Waals surface area (Å²) in [5.74, 6) is 4.66. The van der Waals surface area contributed by atoms with E-state index in [4.69, 9.17) is 5.73 Å². The molecule has 0 aromatic rings. The van der Waals surface area contributed by atoms with Gasteiger partial charge in [-0.15, -0.1) is 0 Å². The first-order chi connectivity index (χ1) is 5.88. The van der Waals surface area contributed by atoms with Gasteiger partial charge in [0, 0.05) is 13.1 Å². The SMILES string of the molecule is NCC1CN(CCC2CSC2)C1. The zero-order valence-corrected chi connectivity index (χ0v) is 8.35. The Hall–Kier alpha value is 0.270. The maximum atomic E-state index is 5.56. The van der Waals surface area contributed by atoms with Gasteiger partial charge < -0.3 is 10.6 Å². The Balaban J connectivity index is 1.51. The van der Waals surface area contributed by atoms with Gasteiger partial charge in [0.05, 0.1) is 0 Å². The Morgan fingerprint density at radius 1 is 1.25 bits per heavy atom. The van der Waals surface area contributed by atoms with Crippen LogP contribution in [0.25, 0.3) is 0 Å². The van der Waals surface area contributed by atoms with Crippen molar-refractivity contribution in [2.75, 3.05) is 37.7 Å². The maximum absolute atomic E-state index is 5.56. The summed E-state index contributed by atoms with van der Waals surface area (Å²) in [5.41, 5.74) is 5.56. The minimum absolute atomic E-state index is 0.806. The van der Waals surface area contributed by atoms with Crippen molar-refractivity contribution in [1.82, 2.24) is 4.90 Å². The Morgan fingerprint density at radius 2 is 2.00 bits per heavy atom. The second-order valence-corrected chi connectivity index (χ2v) is 5.13. The molecule has 2 aliphatic rings. The van der Waals surface area contributed by atoms with Crippen molar-refractivity contribution < 1.29 is 0 Å². The molecule has 70 valence electrons. The standard InChI is InChI=1S/C9H18N2S/c10-3-9-4-11(5-9)2-1-8-6-12-7-8/h8-9H,1-7,10H2. The molecule has 2 aliphatic heterocycles. The van der Waals surface area contributed by atoms with E-state index in [-0.39, 0.29) is 0 Å². The lowest BCUT2D eigenvalue weighted by Gasteiger charge is -2.40. The Morgan fingerprint density at radius 3 is 2.50 bits per heavy atom. The van der Waals surface area contributed by atoms with E-state index in [1.807, 2.05) is 0 Å². The highest BCUT2D eigenvalue weighted by Gasteiger charge is 2.26. The summed E-state index contributed by atoms with van der Waals surface area (Å²) in [6, 6.07) is 0. The van der Waals surface area contributed by atoms with E-state index in [1.54, 1.807) is 0 Å². The number of nitrogens with zero attached hydrogens (tertiary/aromatic N) is 1. The quantitative estimate of drug-likeness (QED) is 0.698. The molecule has 0 spiro atoms. The average Bonchev–Trinajstić information content (AvgIpc) is 1.90. The van der Waals surface area contributed by atoms with Gasteiger partial charge in [-0.25, -0.2) is 0 Å². The van der Waals surface area contributed by atoms with Crippen molar-refractivity contribution in [2.24, 2.45) is 17.6 Å². The molecule has 2 N–H and O–H groups in total. The van der Waals surface area contributed by atoms with Gasteiger partial charge in [0.15, 0.2) is 0 Å². The second kappa shape index (κ2) is 3.99. The molecule has 0 aliphatic carbocycles. The lowest BCUT2D eigenvalue weighted by molar-refractivity contribution is 0.100. The van der Waals surface area contributed by atoms with Crippen LogP contribution < -0.4 is 5.73 Å². The molecular weight excluding hydrogens is 168 g/mol. The molecule has 2 fully saturated rings. The summed E-state index contributed by atoms with van der Waals surface area (Å²) < 4.78 is 0. The van der Waals surface area contributed by atoms with Crippen LogP contribution in [0.1, 0.15) is 6.42 Å². The van der Waals surface area contributed by atoms with E-state index < -0.39 is 0 Å². The van der Waals surface area contributed by atoms with E-state index in [1.165, 1.54) is 37.6 Å². The predicted octanol–water partition coefficient (Wildman–Crippen LogP) is 0.630. The van der Waals surface area contributed by atoms with E-state index in [0.717, 1.165) is 18.4 Å². The van der Waals surface area contributed by atoms with Crippen LogP contribution in [0.3, 0.4) is 0 Å². The minimum Gasteiger partial charge on any atom is -0.330 e. The Kier molecular flexibility index (Phi) is 2.94. The van der Waals surface area contributed by atoms with Crippen LogP contribution in [0, 0.1) is 11.8 Å². The smallest absolute Gasteiger partial charge is 0.00341 e. The number of hydrogen-bond donors (Lipinski definition) is 1. The number of thioether (sulfide) groups is 1. The van der Waals surface area contributed by atoms with Crippen molar-refractivity contribution >= 4 is 11.8 Å². The van der Waals surface area contributed by atoms with E-state index in [2.05, 4.69) is 16.7 Å². The molecule has 12 heavy (non-hydrogen) atoms. The fourth-order valence-electron chi connectivity index (χ4n) is 1.82. The first kappa shape index (κ1) is 8.85. The van der Waals surface area contributed by atoms with Crippen LogP contribution in [0.15, 0.2) is 0 Å². The van der Waals surface area contributed by atoms with E-state index in [0.29, 0.717) is 0 Å². The van der Waals surface area contributed by atoms with Crippen molar-refractivity contribution in [2.45, 2.75) is 6.42 Å². The largest absolute Gasteiger partial charge is 0.330 e. The third-order valence-corrected chi connectivity index (χ3v) is 4.34. The number of rotatable bonds is 4. The molecule has 0 bridgehead atoms. The maximum Gasteiger partial charge on any atom is 0.00341 e. The molecular formula is C9H18N2S. The number of hydrogen-bond acceptors (Lipinski definition) is 3. The molecule has 2 rings (SSSR count). The summed E-state index contributed by atoms with van der Waals surface area (Å²) in [6.07, 6.45) is 1.42. The van der Waals surface area contributed by atoms with Crippen LogP contribution >= 0.6 is 11.8 Å². The summed E-state index contributed by atoms with van der Waals surface area (Å²) in [7, 11) is 0. The van der Waals surface area contributed by atoms with Crippen molar-refractivity contribution in [3.63, 3.8) is 0 Å². The molecule has 0 saturated carbocycles. The molecule has 2 saturated heterocycles. The fourth-order valence-corrected chi connectivity index (χ4v) is 2.73. The average molecular weight is 186 g/mol. The van der Waals surface area contributed by atoms with E-state index >= 15 is 0 Å². The molecule has 0 aromatic heterocycles. The highest BCUT2D eigenvalue weighted by atomic mass is 32.2. The van der Waals surface area contributed by atoms with Gasteiger partial charge in [0.25, 0.3) is 0 Å². The third-order valence-electron chi connectivity index (χ3n) is 2.93. The molecule has 2 nitrogen and oxygen atoms in total. The van der Waals surface area contributed by atoms with Gasteiger partial charge in [-0.1, -0.05) is 0 Å².